The van der Waals surface area contributed by atoms with Crippen molar-refractivity contribution in [2.75, 3.05) is 32.7 Å². The molecule has 4 heterocycles. The molecule has 0 radical (unpaired) electrons. The van der Waals surface area contributed by atoms with Gasteiger partial charge in [-0.2, -0.15) is 16.4 Å². The summed E-state index contributed by atoms with van der Waals surface area (Å²) in [5, 5.41) is 19.6. The zero-order chi connectivity index (χ0) is 27.5. The van der Waals surface area contributed by atoms with Gasteiger partial charge in [-0.25, -0.2) is 0 Å². The first-order chi connectivity index (χ1) is 19.6. The van der Waals surface area contributed by atoms with Crippen LogP contribution in [0.3, 0.4) is 0 Å². The van der Waals surface area contributed by atoms with Gasteiger partial charge in [-0.05, 0) is 85.1 Å². The summed E-state index contributed by atoms with van der Waals surface area (Å²) in [5.41, 5.74) is 5.28. The van der Waals surface area contributed by atoms with E-state index >= 15 is 0 Å². The van der Waals surface area contributed by atoms with Crippen molar-refractivity contribution in [1.82, 2.24) is 19.6 Å². The molecular weight excluding hydrogens is 516 g/mol. The van der Waals surface area contributed by atoms with Crippen molar-refractivity contribution in [2.45, 2.75) is 76.3 Å². The van der Waals surface area contributed by atoms with Crippen LogP contribution < -0.4 is 0 Å². The highest BCUT2D eigenvalue weighted by Crippen LogP contribution is 2.39. The highest BCUT2D eigenvalue weighted by molar-refractivity contribution is 7.08. The number of aryl methyl sites for hydroxylation is 1. The van der Waals surface area contributed by atoms with Gasteiger partial charge in [-0.15, -0.1) is 0 Å². The van der Waals surface area contributed by atoms with E-state index in [4.69, 9.17) is 5.10 Å². The Kier molecular flexibility index (Phi) is 8.70. The van der Waals surface area contributed by atoms with E-state index < -0.39 is 5.97 Å². The minimum absolute atomic E-state index is 0.332. The van der Waals surface area contributed by atoms with E-state index in [0.717, 1.165) is 65.0 Å². The normalized spacial score (nSPS) is 23.8. The van der Waals surface area contributed by atoms with E-state index in [9.17, 15) is 9.90 Å². The summed E-state index contributed by atoms with van der Waals surface area (Å²) in [6, 6.07) is 14.9. The molecule has 7 heteroatoms. The van der Waals surface area contributed by atoms with Gasteiger partial charge < -0.3 is 10.0 Å². The standard InChI is InChI=1S/C33H44N4O2S/c1-2-37-31(19-29(34-37)17-24-7-4-3-5-8-24)26-11-14-35(15-12-26)20-28-21-36(22-30(28)27-13-16-40-23-27)32(33(38)39)18-25-9-6-10-25/h3-5,7-8,13,16,19,23,25-26,28,30,32H,2,6,9-12,14-15,17-18,20-22H2,1H3,(H,38,39)/t28-,30?,32+/m0/s1. The van der Waals surface area contributed by atoms with E-state index in [2.05, 4.69) is 74.6 Å². The van der Waals surface area contributed by atoms with Crippen LogP contribution in [-0.4, -0.2) is 69.4 Å². The lowest BCUT2D eigenvalue weighted by molar-refractivity contribution is -0.144. The van der Waals surface area contributed by atoms with Gasteiger partial charge in [-0.1, -0.05) is 49.6 Å². The lowest BCUT2D eigenvalue weighted by Crippen LogP contribution is -2.43. The van der Waals surface area contributed by atoms with Crippen molar-refractivity contribution >= 4 is 17.3 Å². The van der Waals surface area contributed by atoms with E-state index in [0.29, 0.717) is 23.7 Å². The maximum atomic E-state index is 12.3. The number of aliphatic carboxylic acids is 1. The fourth-order valence-corrected chi connectivity index (χ4v) is 8.09. The first-order valence-electron chi connectivity index (χ1n) is 15.4. The number of rotatable bonds is 11. The fraction of sp³-hybridized carbons (Fsp3) is 0.576. The molecule has 0 spiro atoms. The lowest BCUT2D eigenvalue weighted by atomic mass is 9.80. The van der Waals surface area contributed by atoms with Gasteiger partial charge in [0.1, 0.15) is 6.04 Å². The topological polar surface area (TPSA) is 61.6 Å². The third-order valence-corrected chi connectivity index (χ3v) is 10.5. The van der Waals surface area contributed by atoms with Crippen LogP contribution in [0.25, 0.3) is 0 Å². The average molecular weight is 561 g/mol. The number of hydrogen-bond donors (Lipinski definition) is 1. The first kappa shape index (κ1) is 27.7. The average Bonchev–Trinajstić information content (AvgIpc) is 3.69. The molecule has 0 bridgehead atoms. The summed E-state index contributed by atoms with van der Waals surface area (Å²) in [6.45, 7) is 8.15. The molecule has 6 nitrogen and oxygen atoms in total. The summed E-state index contributed by atoms with van der Waals surface area (Å²) < 4.78 is 2.23. The van der Waals surface area contributed by atoms with Crippen LogP contribution in [0.5, 0.6) is 0 Å². The largest absolute Gasteiger partial charge is 0.480 e. The number of aromatic nitrogens is 2. The molecule has 214 valence electrons. The van der Waals surface area contributed by atoms with Crippen molar-refractivity contribution < 1.29 is 9.90 Å². The molecule has 1 saturated carbocycles. The predicted octanol–water partition coefficient (Wildman–Crippen LogP) is 6.09. The van der Waals surface area contributed by atoms with Crippen molar-refractivity contribution in [3.63, 3.8) is 0 Å². The molecule has 3 fully saturated rings. The molecule has 2 aliphatic heterocycles. The fourth-order valence-electron chi connectivity index (χ4n) is 7.36. The number of piperidine rings is 1. The Morgan fingerprint density at radius 2 is 1.90 bits per heavy atom. The molecule has 3 atom stereocenters. The van der Waals surface area contributed by atoms with Crippen molar-refractivity contribution in [2.24, 2.45) is 11.8 Å². The summed E-state index contributed by atoms with van der Waals surface area (Å²) in [5.74, 6) is 1.43. The maximum absolute atomic E-state index is 12.3. The number of carboxylic acid groups (broad SMARTS) is 1. The summed E-state index contributed by atoms with van der Waals surface area (Å²) in [7, 11) is 0. The Hall–Kier alpha value is -2.48. The van der Waals surface area contributed by atoms with Crippen LogP contribution in [0.1, 0.15) is 79.8 Å². The molecule has 0 amide bonds. The van der Waals surface area contributed by atoms with E-state index in [1.54, 1.807) is 11.3 Å². The Morgan fingerprint density at radius 1 is 1.10 bits per heavy atom. The number of benzene rings is 1. The SMILES string of the molecule is CCn1nc(Cc2ccccc2)cc1C1CCN(C[C@H]2CN([C@H](CC3CCC3)C(=O)O)CC2c2ccsc2)CC1. The van der Waals surface area contributed by atoms with Crippen LogP contribution in [0, 0.1) is 11.8 Å². The molecule has 6 rings (SSSR count). The van der Waals surface area contributed by atoms with Crippen molar-refractivity contribution in [1.29, 1.82) is 0 Å². The van der Waals surface area contributed by atoms with Gasteiger partial charge in [0.15, 0.2) is 0 Å². The molecule has 1 aromatic carbocycles. The lowest BCUT2D eigenvalue weighted by Gasteiger charge is -2.35. The second kappa shape index (κ2) is 12.6. The molecule has 1 N–H and O–H groups in total. The molecule has 40 heavy (non-hydrogen) atoms. The van der Waals surface area contributed by atoms with E-state index in [-0.39, 0.29) is 6.04 Å². The monoisotopic (exact) mass is 560 g/mol. The number of thiophene rings is 1. The van der Waals surface area contributed by atoms with E-state index in [1.807, 2.05) is 0 Å². The molecule has 1 aliphatic carbocycles. The number of likely N-dealkylation sites (tertiary alicyclic amines) is 2. The van der Waals surface area contributed by atoms with Crippen LogP contribution >= 0.6 is 11.3 Å². The van der Waals surface area contributed by atoms with E-state index in [1.165, 1.54) is 41.8 Å². The zero-order valence-corrected chi connectivity index (χ0v) is 24.6. The number of carboxylic acids is 1. The predicted molar refractivity (Wildman–Crippen MR) is 161 cm³/mol. The van der Waals surface area contributed by atoms with Crippen molar-refractivity contribution in [3.8, 4) is 0 Å². The molecule has 2 saturated heterocycles. The number of nitrogens with zero attached hydrogens (tertiary/aromatic N) is 4. The number of hydrogen-bond acceptors (Lipinski definition) is 5. The van der Waals surface area contributed by atoms with Gasteiger partial charge in [0.2, 0.25) is 0 Å². The maximum Gasteiger partial charge on any atom is 0.320 e. The highest BCUT2D eigenvalue weighted by atomic mass is 32.1. The van der Waals surface area contributed by atoms with Crippen LogP contribution in [-0.2, 0) is 17.8 Å². The first-order valence-corrected chi connectivity index (χ1v) is 16.3. The molecule has 3 aliphatic rings. The van der Waals surface area contributed by atoms with Gasteiger partial charge in [0.25, 0.3) is 0 Å². The van der Waals surface area contributed by atoms with Crippen LogP contribution in [0.15, 0.2) is 53.2 Å². The smallest absolute Gasteiger partial charge is 0.320 e. The third kappa shape index (κ3) is 6.22. The highest BCUT2D eigenvalue weighted by Gasteiger charge is 2.41. The molecule has 3 aromatic rings. The Morgan fingerprint density at radius 3 is 2.55 bits per heavy atom. The second-order valence-electron chi connectivity index (χ2n) is 12.4. The van der Waals surface area contributed by atoms with Crippen molar-refractivity contribution in [3.05, 3.63) is 75.7 Å². The van der Waals surface area contributed by atoms with Gasteiger partial charge in [0.05, 0.1) is 5.69 Å². The summed E-state index contributed by atoms with van der Waals surface area (Å²) >= 11 is 1.76. The quantitative estimate of drug-likeness (QED) is 0.307. The van der Waals surface area contributed by atoms with Gasteiger partial charge in [-0.3, -0.25) is 14.4 Å². The molecular formula is C33H44N4O2S. The van der Waals surface area contributed by atoms with Crippen LogP contribution in [0.2, 0.25) is 0 Å². The minimum atomic E-state index is -0.628. The molecule has 2 aromatic heterocycles. The zero-order valence-electron chi connectivity index (χ0n) is 23.8. The van der Waals surface area contributed by atoms with Gasteiger partial charge in [0, 0.05) is 50.1 Å². The second-order valence-corrected chi connectivity index (χ2v) is 13.2. The van der Waals surface area contributed by atoms with Gasteiger partial charge >= 0.3 is 5.97 Å². The Labute approximate surface area is 243 Å². The van der Waals surface area contributed by atoms with Crippen LogP contribution in [0.4, 0.5) is 0 Å². The third-order valence-electron chi connectivity index (χ3n) is 9.84. The molecule has 1 unspecified atom stereocenters. The Bertz CT molecular complexity index is 1230. The summed E-state index contributed by atoms with van der Waals surface area (Å²) in [4.78, 5) is 17.3. The summed E-state index contributed by atoms with van der Waals surface area (Å²) in [6.07, 6.45) is 7.70. The minimum Gasteiger partial charge on any atom is -0.480 e. The Balaban J connectivity index is 1.09. The number of carbonyl (C=O) groups is 1.